The zero-order valence-corrected chi connectivity index (χ0v) is 14.5. The summed E-state index contributed by atoms with van der Waals surface area (Å²) < 4.78 is 2.24. The number of nitrogens with zero attached hydrogens (tertiary/aromatic N) is 2. The van der Waals surface area contributed by atoms with Crippen molar-refractivity contribution in [3.8, 4) is 0 Å². The summed E-state index contributed by atoms with van der Waals surface area (Å²) in [6.07, 6.45) is 8.22. The molecule has 2 rings (SSSR count). The number of unbranched alkanes of at least 4 members (excludes halogenated alkanes) is 1. The van der Waals surface area contributed by atoms with E-state index in [9.17, 15) is 0 Å². The van der Waals surface area contributed by atoms with Crippen molar-refractivity contribution < 1.29 is 0 Å². The summed E-state index contributed by atoms with van der Waals surface area (Å²) in [6, 6.07) is 4.79. The van der Waals surface area contributed by atoms with Crippen molar-refractivity contribution in [3.63, 3.8) is 0 Å². The van der Waals surface area contributed by atoms with Crippen LogP contribution in [0.15, 0.2) is 18.3 Å². The molecular formula is C17H29N3S. The Balaban J connectivity index is 2.12. The maximum atomic E-state index is 5.69. The van der Waals surface area contributed by atoms with E-state index in [0.29, 0.717) is 6.04 Å². The Morgan fingerprint density at radius 3 is 2.86 bits per heavy atom. The molecule has 0 saturated carbocycles. The second-order valence-corrected chi connectivity index (χ2v) is 6.70. The van der Waals surface area contributed by atoms with E-state index in [2.05, 4.69) is 54.0 Å². The zero-order chi connectivity index (χ0) is 15.2. The molecule has 1 aliphatic heterocycles. The monoisotopic (exact) mass is 307 g/mol. The van der Waals surface area contributed by atoms with Crippen LogP contribution in [0.25, 0.3) is 0 Å². The fourth-order valence-corrected chi connectivity index (χ4v) is 3.42. The van der Waals surface area contributed by atoms with Gasteiger partial charge < -0.3 is 14.8 Å². The number of hydrogen-bond acceptors (Lipinski definition) is 1. The van der Waals surface area contributed by atoms with Crippen LogP contribution in [0.4, 0.5) is 0 Å². The molecule has 0 unspecified atom stereocenters. The molecule has 1 fully saturated rings. The highest BCUT2D eigenvalue weighted by atomic mass is 32.1. The second-order valence-electron chi connectivity index (χ2n) is 6.31. The minimum absolute atomic E-state index is 0.413. The quantitative estimate of drug-likeness (QED) is 0.674. The van der Waals surface area contributed by atoms with E-state index in [1.807, 2.05) is 0 Å². The number of likely N-dealkylation sites (tertiary alicyclic amines) is 1. The van der Waals surface area contributed by atoms with Gasteiger partial charge in [-0.1, -0.05) is 20.3 Å². The molecule has 3 nitrogen and oxygen atoms in total. The van der Waals surface area contributed by atoms with Crippen LogP contribution in [0.3, 0.4) is 0 Å². The van der Waals surface area contributed by atoms with Crippen molar-refractivity contribution in [1.29, 1.82) is 0 Å². The third-order valence-corrected chi connectivity index (χ3v) is 4.94. The summed E-state index contributed by atoms with van der Waals surface area (Å²) in [6.45, 7) is 6.63. The first-order chi connectivity index (χ1) is 10.1. The summed E-state index contributed by atoms with van der Waals surface area (Å²) in [4.78, 5) is 2.42. The van der Waals surface area contributed by atoms with Crippen molar-refractivity contribution >= 4 is 17.3 Å². The smallest absolute Gasteiger partial charge is 0.169 e. The van der Waals surface area contributed by atoms with E-state index in [1.54, 1.807) is 0 Å². The van der Waals surface area contributed by atoms with E-state index in [4.69, 9.17) is 12.2 Å². The molecule has 0 aromatic carbocycles. The molecule has 21 heavy (non-hydrogen) atoms. The molecule has 1 aromatic rings. The number of aromatic nitrogens is 1. The lowest BCUT2D eigenvalue weighted by Gasteiger charge is -2.33. The van der Waals surface area contributed by atoms with Crippen LogP contribution in [-0.2, 0) is 7.05 Å². The predicted octanol–water partition coefficient (Wildman–Crippen LogP) is 3.86. The summed E-state index contributed by atoms with van der Waals surface area (Å²) in [5.41, 5.74) is 1.38. The van der Waals surface area contributed by atoms with Crippen LogP contribution in [0.2, 0.25) is 0 Å². The first-order valence-corrected chi connectivity index (χ1v) is 8.70. The van der Waals surface area contributed by atoms with Gasteiger partial charge in [0.05, 0.1) is 6.04 Å². The van der Waals surface area contributed by atoms with Crippen LogP contribution in [0.5, 0.6) is 0 Å². The molecule has 0 spiro atoms. The maximum Gasteiger partial charge on any atom is 0.169 e. The highest BCUT2D eigenvalue weighted by Crippen LogP contribution is 2.32. The van der Waals surface area contributed by atoms with Crippen molar-refractivity contribution in [1.82, 2.24) is 14.8 Å². The minimum atomic E-state index is 0.413. The number of aryl methyl sites for hydroxylation is 1. The van der Waals surface area contributed by atoms with Gasteiger partial charge in [-0.15, -0.1) is 0 Å². The molecule has 4 heteroatoms. The van der Waals surface area contributed by atoms with Gasteiger partial charge in [0.25, 0.3) is 0 Å². The van der Waals surface area contributed by atoms with Crippen molar-refractivity contribution in [2.45, 2.75) is 52.0 Å². The number of rotatable bonds is 4. The minimum Gasteiger partial charge on any atom is -0.363 e. The molecule has 0 radical (unpaired) electrons. The highest BCUT2D eigenvalue weighted by Gasteiger charge is 2.28. The Labute approximate surface area is 134 Å². The molecule has 1 saturated heterocycles. The standard InChI is InChI=1S/C17H29N3S/c1-4-5-11-18-17(21)20-13-10-14(2)8-9-16(20)15-7-6-12-19(15)3/h6-7,12,14,16H,4-5,8-11,13H2,1-3H3,(H,18,21)/t14-,16+/m1/s1. The molecule has 118 valence electrons. The van der Waals surface area contributed by atoms with Gasteiger partial charge in [-0.2, -0.15) is 0 Å². The Morgan fingerprint density at radius 1 is 1.38 bits per heavy atom. The molecule has 0 aliphatic carbocycles. The van der Waals surface area contributed by atoms with Crippen molar-refractivity contribution in [3.05, 3.63) is 24.0 Å². The van der Waals surface area contributed by atoms with E-state index < -0.39 is 0 Å². The molecule has 0 amide bonds. The second kappa shape index (κ2) is 7.83. The largest absolute Gasteiger partial charge is 0.363 e. The average Bonchev–Trinajstić information content (AvgIpc) is 2.78. The van der Waals surface area contributed by atoms with Gasteiger partial charge >= 0.3 is 0 Å². The average molecular weight is 308 g/mol. The lowest BCUT2D eigenvalue weighted by molar-refractivity contribution is 0.306. The van der Waals surface area contributed by atoms with Gasteiger partial charge in [-0.3, -0.25) is 0 Å². The SMILES string of the molecule is CCCCNC(=S)N1CC[C@H](C)CC[C@H]1c1cccn1C. The Morgan fingerprint density at radius 2 is 2.19 bits per heavy atom. The summed E-state index contributed by atoms with van der Waals surface area (Å²) in [7, 11) is 2.13. The van der Waals surface area contributed by atoms with Crippen LogP contribution in [-0.4, -0.2) is 27.7 Å². The van der Waals surface area contributed by atoms with Gasteiger partial charge in [0.15, 0.2) is 5.11 Å². The van der Waals surface area contributed by atoms with Gasteiger partial charge in [0, 0.05) is 32.0 Å². The lowest BCUT2D eigenvalue weighted by atomic mass is 10.0. The number of hydrogen-bond donors (Lipinski definition) is 1. The van der Waals surface area contributed by atoms with Gasteiger partial charge in [-0.05, 0) is 56.0 Å². The third-order valence-electron chi connectivity index (χ3n) is 4.56. The lowest BCUT2D eigenvalue weighted by Crippen LogP contribution is -2.42. The molecule has 2 atom stereocenters. The normalized spacial score (nSPS) is 22.9. The van der Waals surface area contributed by atoms with E-state index in [-0.39, 0.29) is 0 Å². The Bertz CT molecular complexity index is 455. The molecule has 1 N–H and O–H groups in total. The Hall–Kier alpha value is -1.03. The van der Waals surface area contributed by atoms with Crippen LogP contribution in [0, 0.1) is 5.92 Å². The number of thiocarbonyl (C=S) groups is 1. The zero-order valence-electron chi connectivity index (χ0n) is 13.6. The predicted molar refractivity (Wildman–Crippen MR) is 93.4 cm³/mol. The van der Waals surface area contributed by atoms with Crippen molar-refractivity contribution in [2.24, 2.45) is 13.0 Å². The summed E-state index contributed by atoms with van der Waals surface area (Å²) >= 11 is 5.69. The molecule has 0 bridgehead atoms. The third kappa shape index (κ3) is 4.22. The van der Waals surface area contributed by atoms with E-state index in [0.717, 1.165) is 24.1 Å². The van der Waals surface area contributed by atoms with Crippen LogP contribution >= 0.6 is 12.2 Å². The van der Waals surface area contributed by atoms with Crippen LogP contribution in [0.1, 0.15) is 57.7 Å². The molecule has 2 heterocycles. The molecular weight excluding hydrogens is 278 g/mol. The van der Waals surface area contributed by atoms with E-state index in [1.165, 1.54) is 37.8 Å². The first-order valence-electron chi connectivity index (χ1n) is 8.29. The Kier molecular flexibility index (Phi) is 6.09. The number of nitrogens with one attached hydrogen (secondary N) is 1. The van der Waals surface area contributed by atoms with E-state index >= 15 is 0 Å². The van der Waals surface area contributed by atoms with Gasteiger partial charge in [0.2, 0.25) is 0 Å². The maximum absolute atomic E-state index is 5.69. The fraction of sp³-hybridized carbons (Fsp3) is 0.706. The van der Waals surface area contributed by atoms with Crippen molar-refractivity contribution in [2.75, 3.05) is 13.1 Å². The molecule has 1 aliphatic rings. The molecule has 1 aromatic heterocycles. The first kappa shape index (κ1) is 16.3. The van der Waals surface area contributed by atoms with Crippen LogP contribution < -0.4 is 5.32 Å². The summed E-state index contributed by atoms with van der Waals surface area (Å²) in [5.74, 6) is 0.788. The van der Waals surface area contributed by atoms with Gasteiger partial charge in [0.1, 0.15) is 0 Å². The fourth-order valence-electron chi connectivity index (χ4n) is 3.10. The topological polar surface area (TPSA) is 20.2 Å². The highest BCUT2D eigenvalue weighted by molar-refractivity contribution is 7.80. The van der Waals surface area contributed by atoms with Gasteiger partial charge in [-0.25, -0.2) is 0 Å². The summed E-state index contributed by atoms with van der Waals surface area (Å²) in [5, 5.41) is 4.39.